The molecule has 2 atom stereocenters. The molecule has 1 aromatic rings. The fourth-order valence-electron chi connectivity index (χ4n) is 3.35. The number of hydrogen-bond donors (Lipinski definition) is 3. The molecule has 1 aromatic carbocycles. The van der Waals surface area contributed by atoms with Crippen LogP contribution in [0.3, 0.4) is 0 Å². The van der Waals surface area contributed by atoms with Crippen molar-refractivity contribution >= 4 is 48.0 Å². The minimum Gasteiger partial charge on any atom is -0.378 e. The Morgan fingerprint density at radius 1 is 1.29 bits per heavy atom. The molecule has 0 spiro atoms. The first-order valence-electron chi connectivity index (χ1n) is 9.38. The lowest BCUT2D eigenvalue weighted by molar-refractivity contribution is -0.127. The van der Waals surface area contributed by atoms with Gasteiger partial charge in [0, 0.05) is 43.5 Å². The third kappa shape index (κ3) is 7.13. The smallest absolute Gasteiger partial charge is 0.246 e. The van der Waals surface area contributed by atoms with Gasteiger partial charge in [0.1, 0.15) is 6.04 Å². The highest BCUT2D eigenvalue weighted by Crippen LogP contribution is 2.23. The Labute approximate surface area is 178 Å². The molecule has 3 N–H and O–H groups in total. The summed E-state index contributed by atoms with van der Waals surface area (Å²) in [7, 11) is 0. The van der Waals surface area contributed by atoms with Gasteiger partial charge in [-0.15, -0.1) is 24.8 Å². The van der Waals surface area contributed by atoms with E-state index in [1.165, 1.54) is 12.8 Å². The molecule has 0 aromatic heterocycles. The number of amides is 2. The van der Waals surface area contributed by atoms with E-state index in [0.717, 1.165) is 31.0 Å². The first-order chi connectivity index (χ1) is 12.6. The Bertz CT molecular complexity index is 635. The molecule has 158 valence electrons. The summed E-state index contributed by atoms with van der Waals surface area (Å²) in [4.78, 5) is 26.8. The maximum Gasteiger partial charge on any atom is 0.246 e. The van der Waals surface area contributed by atoms with Crippen LogP contribution in [0.5, 0.6) is 0 Å². The molecule has 2 amide bonds. The predicted octanol–water partition coefficient (Wildman–Crippen LogP) is 1.95. The van der Waals surface area contributed by atoms with E-state index in [-0.39, 0.29) is 42.7 Å². The second-order valence-corrected chi connectivity index (χ2v) is 6.95. The van der Waals surface area contributed by atoms with Crippen molar-refractivity contribution in [1.82, 2.24) is 10.6 Å². The number of ether oxygens (including phenoxy) is 1. The summed E-state index contributed by atoms with van der Waals surface area (Å²) in [6.07, 6.45) is 2.73. The predicted molar refractivity (Wildman–Crippen MR) is 116 cm³/mol. The zero-order chi connectivity index (χ0) is 18.4. The van der Waals surface area contributed by atoms with E-state index in [0.29, 0.717) is 19.6 Å². The van der Waals surface area contributed by atoms with Crippen LogP contribution < -0.4 is 20.9 Å². The molecule has 2 saturated heterocycles. The van der Waals surface area contributed by atoms with E-state index in [1.54, 1.807) is 6.92 Å². The van der Waals surface area contributed by atoms with E-state index in [1.807, 2.05) is 18.2 Å². The topological polar surface area (TPSA) is 82.7 Å². The van der Waals surface area contributed by atoms with Gasteiger partial charge in [-0.25, -0.2) is 0 Å². The van der Waals surface area contributed by atoms with Crippen molar-refractivity contribution in [2.75, 3.05) is 43.1 Å². The highest BCUT2D eigenvalue weighted by molar-refractivity contribution is 5.97. The van der Waals surface area contributed by atoms with Gasteiger partial charge in [0.2, 0.25) is 11.8 Å². The van der Waals surface area contributed by atoms with Gasteiger partial charge in [-0.2, -0.15) is 0 Å². The van der Waals surface area contributed by atoms with E-state index in [2.05, 4.69) is 26.9 Å². The van der Waals surface area contributed by atoms with Crippen LogP contribution in [0.4, 0.5) is 11.4 Å². The molecular weight excluding hydrogens is 403 g/mol. The fourth-order valence-corrected chi connectivity index (χ4v) is 3.35. The Morgan fingerprint density at radius 3 is 2.71 bits per heavy atom. The van der Waals surface area contributed by atoms with Crippen LogP contribution in [0.15, 0.2) is 24.3 Å². The molecule has 0 saturated carbocycles. The first kappa shape index (κ1) is 24.5. The molecule has 9 heteroatoms. The standard InChI is InChI=1S/C19H28N4O3.2ClH/c1-14(21-18(24)12-16-13-26-10-7-20-16)19(25)22-15-5-4-6-17(11-15)23-8-2-3-9-23;;/h4-6,11,14,16,20H,2-3,7-10,12-13H2,1H3,(H,21,24)(H,22,25);2*1H. The van der Waals surface area contributed by atoms with Gasteiger partial charge in [0.05, 0.1) is 13.2 Å². The molecule has 0 bridgehead atoms. The molecule has 7 nitrogen and oxygen atoms in total. The van der Waals surface area contributed by atoms with Crippen LogP contribution >= 0.6 is 24.8 Å². The minimum atomic E-state index is -0.595. The lowest BCUT2D eigenvalue weighted by Gasteiger charge is -2.24. The number of morpholine rings is 1. The summed E-state index contributed by atoms with van der Waals surface area (Å²) in [5.74, 6) is -0.369. The monoisotopic (exact) mass is 432 g/mol. The molecule has 2 unspecified atom stereocenters. The molecule has 0 aliphatic carbocycles. The molecule has 2 fully saturated rings. The summed E-state index contributed by atoms with van der Waals surface area (Å²) < 4.78 is 5.34. The molecule has 0 radical (unpaired) electrons. The average molecular weight is 433 g/mol. The number of carbonyl (C=O) groups excluding carboxylic acids is 2. The second-order valence-electron chi connectivity index (χ2n) is 6.95. The van der Waals surface area contributed by atoms with Crippen LogP contribution in [0.1, 0.15) is 26.2 Å². The van der Waals surface area contributed by atoms with Gasteiger partial charge in [0.15, 0.2) is 0 Å². The van der Waals surface area contributed by atoms with Crippen molar-refractivity contribution in [2.45, 2.75) is 38.3 Å². The highest BCUT2D eigenvalue weighted by atomic mass is 35.5. The molecule has 28 heavy (non-hydrogen) atoms. The zero-order valence-electron chi connectivity index (χ0n) is 16.1. The van der Waals surface area contributed by atoms with Crippen LogP contribution in [0.25, 0.3) is 0 Å². The van der Waals surface area contributed by atoms with Crippen LogP contribution in [0.2, 0.25) is 0 Å². The zero-order valence-corrected chi connectivity index (χ0v) is 17.7. The summed E-state index contributed by atoms with van der Waals surface area (Å²) in [5, 5.41) is 8.89. The van der Waals surface area contributed by atoms with Crippen molar-refractivity contribution in [3.05, 3.63) is 24.3 Å². The van der Waals surface area contributed by atoms with Gasteiger partial charge in [-0.3, -0.25) is 9.59 Å². The van der Waals surface area contributed by atoms with Gasteiger partial charge >= 0.3 is 0 Å². The number of anilines is 2. The minimum absolute atomic E-state index is 0. The van der Waals surface area contributed by atoms with Crippen molar-refractivity contribution in [2.24, 2.45) is 0 Å². The number of benzene rings is 1. The van der Waals surface area contributed by atoms with Crippen molar-refractivity contribution in [1.29, 1.82) is 0 Å². The summed E-state index contributed by atoms with van der Waals surface area (Å²) in [5.41, 5.74) is 1.88. The average Bonchev–Trinajstić information content (AvgIpc) is 3.17. The largest absolute Gasteiger partial charge is 0.378 e. The number of halogens is 2. The van der Waals surface area contributed by atoms with E-state index in [9.17, 15) is 9.59 Å². The van der Waals surface area contributed by atoms with E-state index in [4.69, 9.17) is 4.74 Å². The Kier molecular flexibility index (Phi) is 10.6. The van der Waals surface area contributed by atoms with Gasteiger partial charge < -0.3 is 25.6 Å². The molecular formula is C19H30Cl2N4O3. The normalized spacial score (nSPS) is 19.8. The number of nitrogens with zero attached hydrogens (tertiary/aromatic N) is 1. The number of carbonyl (C=O) groups is 2. The third-order valence-corrected chi connectivity index (χ3v) is 4.79. The highest BCUT2D eigenvalue weighted by Gasteiger charge is 2.21. The molecule has 2 aliphatic heterocycles. The third-order valence-electron chi connectivity index (χ3n) is 4.79. The Balaban J connectivity index is 0.00000196. The Morgan fingerprint density at radius 2 is 2.04 bits per heavy atom. The fraction of sp³-hybridized carbons (Fsp3) is 0.579. The quantitative estimate of drug-likeness (QED) is 0.639. The van der Waals surface area contributed by atoms with Crippen molar-refractivity contribution in [3.63, 3.8) is 0 Å². The summed E-state index contributed by atoms with van der Waals surface area (Å²) in [6.45, 7) is 5.76. The maximum absolute atomic E-state index is 12.4. The summed E-state index contributed by atoms with van der Waals surface area (Å²) >= 11 is 0. The Hall–Kier alpha value is -1.54. The second kappa shape index (κ2) is 12.1. The molecule has 3 rings (SSSR count). The van der Waals surface area contributed by atoms with Crippen LogP contribution in [-0.4, -0.2) is 56.7 Å². The maximum atomic E-state index is 12.4. The number of nitrogens with one attached hydrogen (secondary N) is 3. The van der Waals surface area contributed by atoms with Crippen molar-refractivity contribution in [3.8, 4) is 0 Å². The molecule has 2 aliphatic rings. The van der Waals surface area contributed by atoms with Gasteiger partial charge in [-0.1, -0.05) is 6.07 Å². The lowest BCUT2D eigenvalue weighted by atomic mass is 10.1. The number of hydrogen-bond acceptors (Lipinski definition) is 5. The van der Waals surface area contributed by atoms with Gasteiger partial charge in [-0.05, 0) is 38.0 Å². The first-order valence-corrected chi connectivity index (χ1v) is 9.38. The van der Waals surface area contributed by atoms with E-state index >= 15 is 0 Å². The van der Waals surface area contributed by atoms with Gasteiger partial charge in [0.25, 0.3) is 0 Å². The SMILES string of the molecule is CC(NC(=O)CC1COCCN1)C(=O)Nc1cccc(N2CCCC2)c1.Cl.Cl. The molecule has 2 heterocycles. The van der Waals surface area contributed by atoms with E-state index < -0.39 is 6.04 Å². The van der Waals surface area contributed by atoms with Crippen LogP contribution in [0, 0.1) is 0 Å². The lowest BCUT2D eigenvalue weighted by Crippen LogP contribution is -2.47. The number of rotatable bonds is 6. The summed E-state index contributed by atoms with van der Waals surface area (Å²) in [6, 6.07) is 7.28. The van der Waals surface area contributed by atoms with Crippen molar-refractivity contribution < 1.29 is 14.3 Å². The van der Waals surface area contributed by atoms with Crippen LogP contribution in [-0.2, 0) is 14.3 Å².